The average Bonchev–Trinajstić information content (AvgIpc) is 1.79. The monoisotopic (exact) mass is 142 g/mol. The van der Waals surface area contributed by atoms with Crippen molar-refractivity contribution >= 4 is 5.97 Å². The molecule has 0 fully saturated rings. The predicted molar refractivity (Wildman–Crippen MR) is 40.9 cm³/mol. The van der Waals surface area contributed by atoms with Gasteiger partial charge in [-0.15, -0.1) is 6.58 Å². The zero-order valence-electron chi connectivity index (χ0n) is 6.39. The zero-order chi connectivity index (χ0) is 7.98. The highest BCUT2D eigenvalue weighted by Gasteiger charge is 1.95. The zero-order valence-corrected chi connectivity index (χ0v) is 6.39. The van der Waals surface area contributed by atoms with Gasteiger partial charge in [0.05, 0.1) is 0 Å². The highest BCUT2D eigenvalue weighted by Crippen LogP contribution is 2.05. The van der Waals surface area contributed by atoms with E-state index in [1.807, 2.05) is 6.92 Å². The van der Waals surface area contributed by atoms with Crippen molar-refractivity contribution in [3.05, 3.63) is 12.2 Å². The smallest absolute Gasteiger partial charge is 0.303 e. The highest BCUT2D eigenvalue weighted by molar-refractivity contribution is 5.66. The Kier molecular flexibility index (Phi) is 4.63. The van der Waals surface area contributed by atoms with Gasteiger partial charge in [0, 0.05) is 6.42 Å². The van der Waals surface area contributed by atoms with Gasteiger partial charge in [-0.05, 0) is 26.2 Å². The van der Waals surface area contributed by atoms with Crippen molar-refractivity contribution in [2.75, 3.05) is 0 Å². The van der Waals surface area contributed by atoms with Crippen LogP contribution in [0.25, 0.3) is 0 Å². The fourth-order valence-corrected chi connectivity index (χ4v) is 0.703. The third-order valence-electron chi connectivity index (χ3n) is 1.24. The Morgan fingerprint density at radius 3 is 2.30 bits per heavy atom. The molecule has 0 saturated heterocycles. The van der Waals surface area contributed by atoms with Crippen LogP contribution in [0.2, 0.25) is 0 Å². The van der Waals surface area contributed by atoms with Crippen molar-refractivity contribution in [2.45, 2.75) is 32.6 Å². The van der Waals surface area contributed by atoms with E-state index < -0.39 is 5.97 Å². The first-order valence-corrected chi connectivity index (χ1v) is 3.49. The number of carboxylic acid groups (broad SMARTS) is 1. The molecule has 58 valence electrons. The van der Waals surface area contributed by atoms with Crippen LogP contribution in [0.4, 0.5) is 0 Å². The SMILES string of the molecule is C=C(C)CCCCC(=O)O. The second kappa shape index (κ2) is 5.03. The number of hydrogen-bond donors (Lipinski definition) is 1. The molecular weight excluding hydrogens is 128 g/mol. The summed E-state index contributed by atoms with van der Waals surface area (Å²) in [5.74, 6) is -0.707. The molecule has 0 saturated carbocycles. The quantitative estimate of drug-likeness (QED) is 0.472. The molecule has 0 atom stereocenters. The van der Waals surface area contributed by atoms with E-state index in [1.54, 1.807) is 0 Å². The summed E-state index contributed by atoms with van der Waals surface area (Å²) in [6.45, 7) is 5.68. The molecule has 0 aromatic rings. The van der Waals surface area contributed by atoms with Gasteiger partial charge in [0.15, 0.2) is 0 Å². The molecule has 2 heteroatoms. The first-order valence-electron chi connectivity index (χ1n) is 3.49. The molecule has 0 spiro atoms. The molecule has 10 heavy (non-hydrogen) atoms. The standard InChI is InChI=1S/C8H14O2/c1-7(2)5-3-4-6-8(9)10/h1,3-6H2,2H3,(H,9,10). The van der Waals surface area contributed by atoms with E-state index in [-0.39, 0.29) is 6.42 Å². The van der Waals surface area contributed by atoms with Crippen molar-refractivity contribution < 1.29 is 9.90 Å². The van der Waals surface area contributed by atoms with Crippen LogP contribution in [0.5, 0.6) is 0 Å². The van der Waals surface area contributed by atoms with Gasteiger partial charge in [-0.1, -0.05) is 5.57 Å². The summed E-state index contributed by atoms with van der Waals surface area (Å²) in [6, 6.07) is 0. The second-order valence-electron chi connectivity index (χ2n) is 2.56. The Morgan fingerprint density at radius 1 is 1.40 bits per heavy atom. The van der Waals surface area contributed by atoms with E-state index in [1.165, 1.54) is 0 Å². The summed E-state index contributed by atoms with van der Waals surface area (Å²) in [6.07, 6.45) is 2.95. The fourth-order valence-electron chi connectivity index (χ4n) is 0.703. The van der Waals surface area contributed by atoms with Crippen molar-refractivity contribution in [1.29, 1.82) is 0 Å². The third-order valence-corrected chi connectivity index (χ3v) is 1.24. The Hall–Kier alpha value is -0.790. The fraction of sp³-hybridized carbons (Fsp3) is 0.625. The summed E-state index contributed by atoms with van der Waals surface area (Å²) in [5.41, 5.74) is 1.13. The van der Waals surface area contributed by atoms with Gasteiger partial charge in [-0.2, -0.15) is 0 Å². The molecular formula is C8H14O2. The minimum absolute atomic E-state index is 0.285. The van der Waals surface area contributed by atoms with Crippen LogP contribution in [0.15, 0.2) is 12.2 Å². The molecule has 0 aliphatic heterocycles. The maximum atomic E-state index is 10.0. The van der Waals surface area contributed by atoms with Crippen molar-refractivity contribution in [2.24, 2.45) is 0 Å². The van der Waals surface area contributed by atoms with E-state index in [4.69, 9.17) is 5.11 Å². The van der Waals surface area contributed by atoms with Gasteiger partial charge < -0.3 is 5.11 Å². The van der Waals surface area contributed by atoms with Crippen molar-refractivity contribution in [1.82, 2.24) is 0 Å². The van der Waals surface area contributed by atoms with E-state index >= 15 is 0 Å². The minimum Gasteiger partial charge on any atom is -0.481 e. The molecule has 2 nitrogen and oxygen atoms in total. The molecule has 0 amide bonds. The van der Waals surface area contributed by atoms with Crippen LogP contribution in [-0.2, 0) is 4.79 Å². The van der Waals surface area contributed by atoms with E-state index in [9.17, 15) is 4.79 Å². The first-order chi connectivity index (χ1) is 4.63. The van der Waals surface area contributed by atoms with Crippen molar-refractivity contribution in [3.8, 4) is 0 Å². The number of carboxylic acids is 1. The molecule has 0 bridgehead atoms. The van der Waals surface area contributed by atoms with Crippen LogP contribution < -0.4 is 0 Å². The third kappa shape index (κ3) is 7.21. The molecule has 0 aromatic heterocycles. The lowest BCUT2D eigenvalue weighted by atomic mass is 10.1. The number of rotatable bonds is 5. The summed E-state index contributed by atoms with van der Waals surface area (Å²) in [7, 11) is 0. The predicted octanol–water partition coefficient (Wildman–Crippen LogP) is 2.21. The molecule has 0 heterocycles. The summed E-state index contributed by atoms with van der Waals surface area (Å²) in [4.78, 5) is 10.0. The van der Waals surface area contributed by atoms with E-state index in [2.05, 4.69) is 6.58 Å². The highest BCUT2D eigenvalue weighted by atomic mass is 16.4. The number of allylic oxidation sites excluding steroid dienone is 1. The normalized spacial score (nSPS) is 9.30. The van der Waals surface area contributed by atoms with E-state index in [0.29, 0.717) is 0 Å². The van der Waals surface area contributed by atoms with Crippen LogP contribution >= 0.6 is 0 Å². The van der Waals surface area contributed by atoms with Crippen LogP contribution in [-0.4, -0.2) is 11.1 Å². The lowest BCUT2D eigenvalue weighted by Crippen LogP contribution is -1.93. The number of unbranched alkanes of at least 4 members (excludes halogenated alkanes) is 1. The molecule has 0 unspecified atom stereocenters. The van der Waals surface area contributed by atoms with Gasteiger partial charge in [-0.25, -0.2) is 0 Å². The second-order valence-corrected chi connectivity index (χ2v) is 2.56. The summed E-state index contributed by atoms with van der Waals surface area (Å²) < 4.78 is 0. The topological polar surface area (TPSA) is 37.3 Å². The number of hydrogen-bond acceptors (Lipinski definition) is 1. The van der Waals surface area contributed by atoms with Gasteiger partial charge in [0.25, 0.3) is 0 Å². The molecule has 0 aliphatic rings. The lowest BCUT2D eigenvalue weighted by molar-refractivity contribution is -0.137. The van der Waals surface area contributed by atoms with Crippen LogP contribution in [0.1, 0.15) is 32.6 Å². The molecule has 1 N–H and O–H groups in total. The van der Waals surface area contributed by atoms with Gasteiger partial charge in [0.2, 0.25) is 0 Å². The largest absolute Gasteiger partial charge is 0.481 e. The summed E-state index contributed by atoms with van der Waals surface area (Å²) in [5, 5.41) is 8.26. The number of carbonyl (C=O) groups is 1. The molecule has 0 aliphatic carbocycles. The van der Waals surface area contributed by atoms with Gasteiger partial charge in [0.1, 0.15) is 0 Å². The Bertz CT molecular complexity index is 111. The van der Waals surface area contributed by atoms with Crippen molar-refractivity contribution in [3.63, 3.8) is 0 Å². The number of aliphatic carboxylic acids is 1. The van der Waals surface area contributed by atoms with E-state index in [0.717, 1.165) is 24.8 Å². The van der Waals surface area contributed by atoms with Crippen LogP contribution in [0, 0.1) is 0 Å². The molecule has 0 rings (SSSR count). The summed E-state index contributed by atoms with van der Waals surface area (Å²) >= 11 is 0. The Morgan fingerprint density at radius 2 is 1.90 bits per heavy atom. The Balaban J connectivity index is 3.06. The molecule has 0 radical (unpaired) electrons. The first kappa shape index (κ1) is 9.21. The van der Waals surface area contributed by atoms with Gasteiger partial charge >= 0.3 is 5.97 Å². The maximum Gasteiger partial charge on any atom is 0.303 e. The van der Waals surface area contributed by atoms with Crippen LogP contribution in [0.3, 0.4) is 0 Å². The average molecular weight is 142 g/mol. The van der Waals surface area contributed by atoms with Gasteiger partial charge in [-0.3, -0.25) is 4.79 Å². The maximum absolute atomic E-state index is 10.0. The molecule has 0 aromatic carbocycles. The minimum atomic E-state index is -0.707. The Labute approximate surface area is 61.6 Å². The lowest BCUT2D eigenvalue weighted by Gasteiger charge is -1.96.